The van der Waals surface area contributed by atoms with Crippen LogP contribution in [0.15, 0.2) is 0 Å². The minimum Gasteiger partial charge on any atom is -0.205 e. The average Bonchev–Trinajstić information content (AvgIpc) is 2.56. The van der Waals surface area contributed by atoms with Gasteiger partial charge in [0.05, 0.1) is 0 Å². The molecule has 0 amide bonds. The van der Waals surface area contributed by atoms with Crippen LogP contribution in [0, 0.1) is 0 Å². The van der Waals surface area contributed by atoms with E-state index in [0.717, 1.165) is 38.8 Å². The van der Waals surface area contributed by atoms with Crippen LogP contribution in [0.2, 0.25) is 25.2 Å². The lowest BCUT2D eigenvalue weighted by molar-refractivity contribution is -0.291. The molecule has 0 bridgehead atoms. The van der Waals surface area contributed by atoms with E-state index < -0.39 is 50.5 Å². The van der Waals surface area contributed by atoms with Crippen LogP contribution in [0.1, 0.15) is 57.8 Å². The summed E-state index contributed by atoms with van der Waals surface area (Å²) in [5.41, 5.74) is -5.06. The SMILES string of the molecule is C[Si](C)(CCCCCCCCC[Si](Cl)(Cl)Cl)C(F)(F)C(F)(F)C(F)(F)CCC(F)(F)F. The summed E-state index contributed by atoms with van der Waals surface area (Å²) >= 11 is 17.3. The Bertz CT molecular complexity index is 536. The van der Waals surface area contributed by atoms with Crippen molar-refractivity contribution in [1.82, 2.24) is 0 Å². The molecule has 0 aromatic heterocycles. The van der Waals surface area contributed by atoms with Crippen LogP contribution in [-0.2, 0) is 0 Å². The van der Waals surface area contributed by atoms with Crippen molar-refractivity contribution in [2.75, 3.05) is 0 Å². The van der Waals surface area contributed by atoms with Gasteiger partial charge in [-0.3, -0.25) is 0 Å². The first-order chi connectivity index (χ1) is 13.7. The lowest BCUT2D eigenvalue weighted by Gasteiger charge is -2.41. The van der Waals surface area contributed by atoms with Gasteiger partial charge in [0.1, 0.15) is 8.07 Å². The molecule has 0 nitrogen and oxygen atoms in total. The van der Waals surface area contributed by atoms with E-state index in [4.69, 9.17) is 33.2 Å². The Balaban J connectivity index is 4.62. The fraction of sp³-hybridized carbons (Fsp3) is 1.00. The summed E-state index contributed by atoms with van der Waals surface area (Å²) in [4.78, 5) is 0. The molecule has 0 aliphatic rings. The standard InChI is InChI=1S/C17H28Cl3F9Si2/c1-30(2,12-8-6-4-3-5-7-9-13-31(18,19)20)17(28,29)16(26,27)14(21,22)10-11-15(23,24)25/h3-13H2,1-2H3. The maximum Gasteiger partial charge on any atom is 0.389 e. The first-order valence-corrected chi connectivity index (χ1v) is 18.4. The Labute approximate surface area is 193 Å². The molecule has 0 aliphatic carbocycles. The van der Waals surface area contributed by atoms with Gasteiger partial charge in [-0.1, -0.05) is 64.1 Å². The van der Waals surface area contributed by atoms with Crippen molar-refractivity contribution >= 4 is 47.3 Å². The zero-order valence-electron chi connectivity index (χ0n) is 17.3. The van der Waals surface area contributed by atoms with Crippen LogP contribution in [0.3, 0.4) is 0 Å². The molecule has 0 radical (unpaired) electrons. The Hall–Kier alpha value is 0.674. The molecule has 14 heteroatoms. The maximum atomic E-state index is 14.4. The Morgan fingerprint density at radius 2 is 0.968 bits per heavy atom. The summed E-state index contributed by atoms with van der Waals surface area (Å²) in [5, 5.41) is 0. The number of hydrogen-bond acceptors (Lipinski definition) is 0. The highest BCUT2D eigenvalue weighted by Crippen LogP contribution is 2.53. The lowest BCUT2D eigenvalue weighted by Crippen LogP contribution is -2.65. The normalized spacial score (nSPS) is 14.9. The lowest BCUT2D eigenvalue weighted by atomic mass is 10.1. The maximum absolute atomic E-state index is 14.4. The van der Waals surface area contributed by atoms with E-state index in [1.807, 2.05) is 0 Å². The Kier molecular flexibility index (Phi) is 12.1. The number of alkyl halides is 9. The molecular weight excluding hydrogens is 538 g/mol. The number of unbranched alkanes of at least 4 members (excludes halogenated alkanes) is 6. The zero-order valence-corrected chi connectivity index (χ0v) is 21.6. The van der Waals surface area contributed by atoms with Gasteiger partial charge in [0, 0.05) is 12.8 Å². The van der Waals surface area contributed by atoms with Crippen LogP contribution >= 0.6 is 33.2 Å². The molecule has 0 atom stereocenters. The van der Waals surface area contributed by atoms with E-state index in [-0.39, 0.29) is 12.5 Å². The quantitative estimate of drug-likeness (QED) is 0.0802. The fourth-order valence-corrected chi connectivity index (χ4v) is 7.38. The van der Waals surface area contributed by atoms with Gasteiger partial charge in [-0.15, -0.1) is 33.2 Å². The van der Waals surface area contributed by atoms with Crippen molar-refractivity contribution in [1.29, 1.82) is 0 Å². The van der Waals surface area contributed by atoms with Crippen molar-refractivity contribution in [2.24, 2.45) is 0 Å². The minimum absolute atomic E-state index is 0.153. The van der Waals surface area contributed by atoms with Crippen LogP contribution in [-0.4, -0.2) is 37.6 Å². The van der Waals surface area contributed by atoms with Gasteiger partial charge in [0.2, 0.25) is 0 Å². The smallest absolute Gasteiger partial charge is 0.205 e. The second-order valence-corrected chi connectivity index (χ2v) is 22.6. The third-order valence-electron chi connectivity index (χ3n) is 5.19. The first kappa shape index (κ1) is 31.7. The van der Waals surface area contributed by atoms with Gasteiger partial charge >= 0.3 is 24.0 Å². The number of halogens is 12. The Morgan fingerprint density at radius 1 is 0.581 bits per heavy atom. The summed E-state index contributed by atoms with van der Waals surface area (Å²) in [5.74, 6) is -11.3. The van der Waals surface area contributed by atoms with E-state index in [1.165, 1.54) is 0 Å². The average molecular weight is 566 g/mol. The molecule has 0 unspecified atom stereocenters. The monoisotopic (exact) mass is 564 g/mol. The van der Waals surface area contributed by atoms with Gasteiger partial charge in [0.15, 0.2) is 0 Å². The van der Waals surface area contributed by atoms with Crippen LogP contribution in [0.5, 0.6) is 0 Å². The van der Waals surface area contributed by atoms with Gasteiger partial charge in [-0.2, -0.15) is 30.7 Å². The zero-order chi connectivity index (χ0) is 24.8. The molecule has 0 aromatic carbocycles. The molecule has 0 saturated carbocycles. The van der Waals surface area contributed by atoms with E-state index in [0.29, 0.717) is 18.9 Å². The summed E-state index contributed by atoms with van der Waals surface area (Å²) in [6.07, 6.45) is -5.35. The molecule has 0 rings (SSSR count). The van der Waals surface area contributed by atoms with Gasteiger partial charge in [-0.05, 0) is 6.04 Å². The summed E-state index contributed by atoms with van der Waals surface area (Å²) in [6.45, 7) is 1.72. The molecule has 0 saturated heterocycles. The van der Waals surface area contributed by atoms with E-state index in [9.17, 15) is 39.5 Å². The third-order valence-corrected chi connectivity index (χ3v) is 11.4. The molecule has 0 aromatic rings. The second kappa shape index (κ2) is 11.9. The molecule has 0 N–H and O–H groups in total. The third kappa shape index (κ3) is 10.6. The van der Waals surface area contributed by atoms with Gasteiger partial charge < -0.3 is 0 Å². The highest BCUT2D eigenvalue weighted by Gasteiger charge is 2.75. The largest absolute Gasteiger partial charge is 0.389 e. The molecule has 31 heavy (non-hydrogen) atoms. The highest BCUT2D eigenvalue weighted by molar-refractivity contribution is 7.64. The van der Waals surface area contributed by atoms with Crippen molar-refractivity contribution in [2.45, 2.75) is 107 Å². The van der Waals surface area contributed by atoms with E-state index >= 15 is 0 Å². The van der Waals surface area contributed by atoms with Crippen molar-refractivity contribution in [3.8, 4) is 0 Å². The van der Waals surface area contributed by atoms with Crippen molar-refractivity contribution in [3.05, 3.63) is 0 Å². The van der Waals surface area contributed by atoms with Gasteiger partial charge in [0.25, 0.3) is 5.55 Å². The van der Waals surface area contributed by atoms with Crippen LogP contribution in [0.4, 0.5) is 39.5 Å². The number of rotatable bonds is 15. The summed E-state index contributed by atoms with van der Waals surface area (Å²) in [7, 11) is -4.24. The number of hydrogen-bond donors (Lipinski definition) is 0. The van der Waals surface area contributed by atoms with Crippen molar-refractivity contribution < 1.29 is 39.5 Å². The molecular formula is C17H28Cl3F9Si2. The summed E-state index contributed by atoms with van der Waals surface area (Å²) in [6, 6.07) is -2.45. The fourth-order valence-electron chi connectivity index (χ4n) is 3.04. The molecule has 0 spiro atoms. The predicted octanol–water partition coefficient (Wildman–Crippen LogP) is 9.87. The second-order valence-electron chi connectivity index (χ2n) is 8.44. The van der Waals surface area contributed by atoms with Gasteiger partial charge in [-0.25, -0.2) is 8.78 Å². The van der Waals surface area contributed by atoms with E-state index in [2.05, 4.69) is 0 Å². The molecule has 188 valence electrons. The van der Waals surface area contributed by atoms with Crippen molar-refractivity contribution in [3.63, 3.8) is 0 Å². The topological polar surface area (TPSA) is 0 Å². The predicted molar refractivity (Wildman–Crippen MR) is 113 cm³/mol. The van der Waals surface area contributed by atoms with E-state index in [1.54, 1.807) is 0 Å². The van der Waals surface area contributed by atoms with Crippen LogP contribution in [0.25, 0.3) is 0 Å². The highest BCUT2D eigenvalue weighted by atomic mass is 35.8. The molecule has 0 aliphatic heterocycles. The first-order valence-electron chi connectivity index (χ1n) is 9.93. The van der Waals surface area contributed by atoms with Crippen LogP contribution < -0.4 is 0 Å². The minimum atomic E-state index is -5.85. The molecule has 0 heterocycles. The summed E-state index contributed by atoms with van der Waals surface area (Å²) < 4.78 is 121. The Morgan fingerprint density at radius 3 is 1.35 bits per heavy atom. The molecule has 0 fully saturated rings.